The molecular formula is C12H20N2O3. The quantitative estimate of drug-likeness (QED) is 0.664. The minimum atomic E-state index is 0.515. The average Bonchev–Trinajstić information content (AvgIpc) is 2.35. The Bertz CT molecular complexity index is 308. The van der Waals surface area contributed by atoms with E-state index < -0.39 is 0 Å². The fourth-order valence-electron chi connectivity index (χ4n) is 1.26. The van der Waals surface area contributed by atoms with E-state index in [0.717, 1.165) is 18.0 Å². The molecule has 1 heterocycles. The lowest BCUT2D eigenvalue weighted by molar-refractivity contribution is 0.0544. The number of nitrogens with zero attached hydrogens (tertiary/aromatic N) is 1. The Balaban J connectivity index is 2.19. The van der Waals surface area contributed by atoms with E-state index >= 15 is 0 Å². The smallest absolute Gasteiger partial charge is 0.139 e. The summed E-state index contributed by atoms with van der Waals surface area (Å²) >= 11 is 0. The van der Waals surface area contributed by atoms with E-state index in [9.17, 15) is 0 Å². The van der Waals surface area contributed by atoms with Crippen molar-refractivity contribution in [3.8, 4) is 5.75 Å². The normalized spacial score (nSPS) is 10.2. The highest BCUT2D eigenvalue weighted by Crippen LogP contribution is 2.14. The third-order valence-corrected chi connectivity index (χ3v) is 2.02. The maximum Gasteiger partial charge on any atom is 0.139 e. The van der Waals surface area contributed by atoms with Gasteiger partial charge >= 0.3 is 0 Å². The highest BCUT2D eigenvalue weighted by atomic mass is 16.5. The zero-order valence-corrected chi connectivity index (χ0v) is 10.4. The maximum absolute atomic E-state index is 5.50. The summed E-state index contributed by atoms with van der Waals surface area (Å²) in [7, 11) is 1.65. The third kappa shape index (κ3) is 6.09. The number of hydrogen-bond donors (Lipinski definition) is 1. The molecule has 96 valence electrons. The molecule has 0 unspecified atom stereocenters. The molecule has 0 aromatic carbocycles. The van der Waals surface area contributed by atoms with Gasteiger partial charge in [-0.3, -0.25) is 4.98 Å². The number of ether oxygens (including phenoxy) is 3. The second-order valence-corrected chi connectivity index (χ2v) is 3.39. The van der Waals surface area contributed by atoms with Gasteiger partial charge in [-0.2, -0.15) is 0 Å². The Morgan fingerprint density at radius 2 is 2.00 bits per heavy atom. The summed E-state index contributed by atoms with van der Waals surface area (Å²) in [6, 6.07) is 1.92. The van der Waals surface area contributed by atoms with E-state index in [1.165, 1.54) is 0 Å². The maximum atomic E-state index is 5.50. The summed E-state index contributed by atoms with van der Waals surface area (Å²) in [6.45, 7) is 5.17. The molecule has 1 N–H and O–H groups in total. The summed E-state index contributed by atoms with van der Waals surface area (Å²) in [5.74, 6) is 0.749. The molecule has 0 aliphatic rings. The first kappa shape index (κ1) is 13.7. The molecule has 1 aromatic heterocycles. The molecule has 0 amide bonds. The van der Waals surface area contributed by atoms with Crippen LogP contribution in [0.25, 0.3) is 0 Å². The number of nitrogens with one attached hydrogen (secondary N) is 1. The SMILES string of the molecule is CCNc1cncc(OCCOCCOC)c1. The Morgan fingerprint density at radius 1 is 1.18 bits per heavy atom. The van der Waals surface area contributed by atoms with Gasteiger partial charge in [0, 0.05) is 19.7 Å². The first-order valence-electron chi connectivity index (χ1n) is 5.75. The number of anilines is 1. The van der Waals surface area contributed by atoms with Crippen molar-refractivity contribution in [3.05, 3.63) is 18.5 Å². The second-order valence-electron chi connectivity index (χ2n) is 3.39. The van der Waals surface area contributed by atoms with Gasteiger partial charge in [-0.25, -0.2) is 0 Å². The van der Waals surface area contributed by atoms with Gasteiger partial charge in [0.2, 0.25) is 0 Å². The molecule has 5 heteroatoms. The molecular weight excluding hydrogens is 220 g/mol. The van der Waals surface area contributed by atoms with Crippen molar-refractivity contribution in [2.75, 3.05) is 45.4 Å². The largest absolute Gasteiger partial charge is 0.489 e. The van der Waals surface area contributed by atoms with Crippen LogP contribution in [-0.2, 0) is 9.47 Å². The van der Waals surface area contributed by atoms with Crippen molar-refractivity contribution in [3.63, 3.8) is 0 Å². The Labute approximate surface area is 102 Å². The van der Waals surface area contributed by atoms with Crippen LogP contribution in [0, 0.1) is 0 Å². The van der Waals surface area contributed by atoms with Crippen LogP contribution in [0.4, 0.5) is 5.69 Å². The third-order valence-electron chi connectivity index (χ3n) is 2.02. The van der Waals surface area contributed by atoms with Crippen LogP contribution in [0.3, 0.4) is 0 Å². The van der Waals surface area contributed by atoms with Crippen LogP contribution in [0.1, 0.15) is 6.92 Å². The van der Waals surface area contributed by atoms with E-state index in [1.807, 2.05) is 13.0 Å². The van der Waals surface area contributed by atoms with Crippen molar-refractivity contribution in [2.45, 2.75) is 6.92 Å². The fraction of sp³-hybridized carbons (Fsp3) is 0.583. The van der Waals surface area contributed by atoms with Gasteiger partial charge in [-0.1, -0.05) is 0 Å². The summed E-state index contributed by atoms with van der Waals surface area (Å²) in [5.41, 5.74) is 0.963. The van der Waals surface area contributed by atoms with Gasteiger partial charge in [-0.15, -0.1) is 0 Å². The Hall–Kier alpha value is -1.33. The minimum absolute atomic E-state index is 0.515. The van der Waals surface area contributed by atoms with Gasteiger partial charge in [0.15, 0.2) is 0 Å². The van der Waals surface area contributed by atoms with Crippen molar-refractivity contribution < 1.29 is 14.2 Å². The summed E-state index contributed by atoms with van der Waals surface area (Å²) in [4.78, 5) is 4.08. The van der Waals surface area contributed by atoms with Crippen molar-refractivity contribution in [2.24, 2.45) is 0 Å². The van der Waals surface area contributed by atoms with E-state index in [2.05, 4.69) is 10.3 Å². The molecule has 0 spiro atoms. The Morgan fingerprint density at radius 3 is 2.76 bits per heavy atom. The van der Waals surface area contributed by atoms with Crippen LogP contribution in [0.15, 0.2) is 18.5 Å². The summed E-state index contributed by atoms with van der Waals surface area (Å²) < 4.78 is 15.7. The lowest BCUT2D eigenvalue weighted by Crippen LogP contribution is -2.10. The monoisotopic (exact) mass is 240 g/mol. The summed E-state index contributed by atoms with van der Waals surface area (Å²) in [6.07, 6.45) is 3.46. The second kappa shape index (κ2) is 8.78. The van der Waals surface area contributed by atoms with Gasteiger partial charge < -0.3 is 19.5 Å². The minimum Gasteiger partial charge on any atom is -0.489 e. The van der Waals surface area contributed by atoms with Gasteiger partial charge in [0.05, 0.1) is 37.9 Å². The molecule has 0 bridgehead atoms. The molecule has 0 fully saturated rings. The molecule has 0 saturated heterocycles. The lowest BCUT2D eigenvalue weighted by atomic mass is 10.4. The molecule has 0 aliphatic heterocycles. The van der Waals surface area contributed by atoms with Crippen LogP contribution in [-0.4, -0.2) is 45.1 Å². The molecule has 17 heavy (non-hydrogen) atoms. The first-order valence-corrected chi connectivity index (χ1v) is 5.75. The fourth-order valence-corrected chi connectivity index (χ4v) is 1.26. The average molecular weight is 240 g/mol. The number of rotatable bonds is 9. The molecule has 1 rings (SSSR count). The number of hydrogen-bond acceptors (Lipinski definition) is 5. The zero-order valence-electron chi connectivity index (χ0n) is 10.4. The first-order chi connectivity index (χ1) is 8.36. The predicted octanol–water partition coefficient (Wildman–Crippen LogP) is 1.56. The number of aromatic nitrogens is 1. The van der Waals surface area contributed by atoms with Crippen molar-refractivity contribution >= 4 is 5.69 Å². The lowest BCUT2D eigenvalue weighted by Gasteiger charge is -2.08. The standard InChI is InChI=1S/C12H20N2O3/c1-3-14-11-8-12(10-13-9-11)17-7-6-16-5-4-15-2/h8-10,14H,3-7H2,1-2H3. The van der Waals surface area contributed by atoms with Crippen molar-refractivity contribution in [1.82, 2.24) is 4.98 Å². The number of pyridine rings is 1. The van der Waals surface area contributed by atoms with Gasteiger partial charge in [0.25, 0.3) is 0 Å². The van der Waals surface area contributed by atoms with Crippen LogP contribution >= 0.6 is 0 Å². The highest BCUT2D eigenvalue weighted by Gasteiger charge is 1.97. The van der Waals surface area contributed by atoms with E-state index in [-0.39, 0.29) is 0 Å². The molecule has 0 aliphatic carbocycles. The van der Waals surface area contributed by atoms with Crippen LogP contribution < -0.4 is 10.1 Å². The highest BCUT2D eigenvalue weighted by molar-refractivity contribution is 5.44. The Kier molecular flexibility index (Phi) is 7.09. The molecule has 1 aromatic rings. The molecule has 0 saturated carbocycles. The molecule has 0 atom stereocenters. The van der Waals surface area contributed by atoms with Crippen LogP contribution in [0.2, 0.25) is 0 Å². The predicted molar refractivity (Wildman–Crippen MR) is 66.6 cm³/mol. The topological polar surface area (TPSA) is 52.6 Å². The van der Waals surface area contributed by atoms with E-state index in [0.29, 0.717) is 26.4 Å². The zero-order chi connectivity index (χ0) is 12.3. The molecule has 0 radical (unpaired) electrons. The van der Waals surface area contributed by atoms with Crippen molar-refractivity contribution in [1.29, 1.82) is 0 Å². The molecule has 5 nitrogen and oxygen atoms in total. The van der Waals surface area contributed by atoms with E-state index in [4.69, 9.17) is 14.2 Å². The van der Waals surface area contributed by atoms with Gasteiger partial charge in [-0.05, 0) is 6.92 Å². The van der Waals surface area contributed by atoms with Crippen LogP contribution in [0.5, 0.6) is 5.75 Å². The summed E-state index contributed by atoms with van der Waals surface area (Å²) in [5, 5.41) is 3.18. The van der Waals surface area contributed by atoms with E-state index in [1.54, 1.807) is 19.5 Å². The van der Waals surface area contributed by atoms with Gasteiger partial charge in [0.1, 0.15) is 12.4 Å². The number of methoxy groups -OCH3 is 1.